The minimum Gasteiger partial charge on any atom is -0.480 e. The Balaban J connectivity index is 2.75. The molecule has 10 heteroatoms. The number of carbonyl (C=O) groups is 4. The summed E-state index contributed by atoms with van der Waals surface area (Å²) in [6.07, 6.45) is 4.30. The van der Waals surface area contributed by atoms with E-state index in [1.807, 2.05) is 12.5 Å². The van der Waals surface area contributed by atoms with Gasteiger partial charge in [-0.2, -0.15) is 23.5 Å². The van der Waals surface area contributed by atoms with Crippen molar-refractivity contribution >= 4 is 47.3 Å². The zero-order chi connectivity index (χ0) is 21.1. The van der Waals surface area contributed by atoms with Crippen molar-refractivity contribution in [2.24, 2.45) is 0 Å². The molecule has 1 aromatic rings. The summed E-state index contributed by atoms with van der Waals surface area (Å²) in [4.78, 5) is 46.9. The number of carboxylic acids is 2. The van der Waals surface area contributed by atoms with Gasteiger partial charge >= 0.3 is 11.9 Å². The van der Waals surface area contributed by atoms with E-state index in [-0.39, 0.29) is 11.1 Å². The first kappa shape index (κ1) is 23.8. The third-order valence-corrected chi connectivity index (χ3v) is 5.13. The molecule has 0 radical (unpaired) electrons. The molecule has 2 amide bonds. The Hall–Kier alpha value is -2.20. The lowest BCUT2D eigenvalue weighted by atomic mass is 10.1. The fourth-order valence-corrected chi connectivity index (χ4v) is 3.19. The van der Waals surface area contributed by atoms with Gasteiger partial charge in [0.2, 0.25) is 0 Å². The Morgan fingerprint density at radius 1 is 0.786 bits per heavy atom. The highest BCUT2D eigenvalue weighted by atomic mass is 32.2. The van der Waals surface area contributed by atoms with E-state index >= 15 is 0 Å². The average Bonchev–Trinajstić information content (AvgIpc) is 2.67. The normalized spacial score (nSPS) is 12.6. The van der Waals surface area contributed by atoms with Gasteiger partial charge in [-0.1, -0.05) is 0 Å². The molecule has 1 aromatic carbocycles. The maximum Gasteiger partial charge on any atom is 0.326 e. The largest absolute Gasteiger partial charge is 0.480 e. The Labute approximate surface area is 171 Å². The van der Waals surface area contributed by atoms with Crippen LogP contribution in [0.5, 0.6) is 0 Å². The first-order valence-electron chi connectivity index (χ1n) is 8.45. The monoisotopic (exact) mass is 428 g/mol. The van der Waals surface area contributed by atoms with Crippen LogP contribution in [0.2, 0.25) is 0 Å². The van der Waals surface area contributed by atoms with Crippen LogP contribution >= 0.6 is 23.5 Å². The molecule has 0 saturated carbocycles. The molecule has 0 aromatic heterocycles. The van der Waals surface area contributed by atoms with Crippen molar-refractivity contribution < 1.29 is 29.4 Å². The first-order chi connectivity index (χ1) is 13.3. The highest BCUT2D eigenvalue weighted by Crippen LogP contribution is 2.08. The summed E-state index contributed by atoms with van der Waals surface area (Å²) in [6, 6.07) is 3.61. The quantitative estimate of drug-likeness (QED) is 0.394. The van der Waals surface area contributed by atoms with Gasteiger partial charge in [-0.05, 0) is 61.1 Å². The first-order valence-corrected chi connectivity index (χ1v) is 11.2. The van der Waals surface area contributed by atoms with E-state index in [1.54, 1.807) is 0 Å². The Morgan fingerprint density at radius 2 is 1.11 bits per heavy atom. The van der Waals surface area contributed by atoms with Crippen LogP contribution in [0.3, 0.4) is 0 Å². The molecule has 0 aliphatic carbocycles. The van der Waals surface area contributed by atoms with Crippen molar-refractivity contribution in [1.82, 2.24) is 10.6 Å². The molecule has 0 aliphatic heterocycles. The predicted octanol–water partition coefficient (Wildman–Crippen LogP) is 1.56. The van der Waals surface area contributed by atoms with Gasteiger partial charge in [-0.15, -0.1) is 0 Å². The van der Waals surface area contributed by atoms with Gasteiger partial charge in [-0.25, -0.2) is 9.59 Å². The third-order valence-electron chi connectivity index (χ3n) is 3.84. The SMILES string of the molecule is CSCC[C@@H](NC(=O)c1ccc(C(=O)N[C@H](CCSC)C(=O)O)cc1)C(=O)O. The Kier molecular flexibility index (Phi) is 10.5. The smallest absolute Gasteiger partial charge is 0.326 e. The van der Waals surface area contributed by atoms with Crippen LogP contribution in [0.15, 0.2) is 24.3 Å². The van der Waals surface area contributed by atoms with E-state index in [4.69, 9.17) is 0 Å². The summed E-state index contributed by atoms with van der Waals surface area (Å²) in [7, 11) is 0. The zero-order valence-corrected chi connectivity index (χ0v) is 17.3. The van der Waals surface area contributed by atoms with Gasteiger partial charge in [0.1, 0.15) is 12.1 Å². The lowest BCUT2D eigenvalue weighted by molar-refractivity contribution is -0.140. The standard InChI is InChI=1S/C18H24N2O6S2/c1-27-9-7-13(17(23)24)19-15(21)11-3-5-12(6-4-11)16(22)20-14(18(25)26)8-10-28-2/h3-6,13-14H,7-10H2,1-2H3,(H,19,21)(H,20,22)(H,23,24)(H,25,26)/t13-,14-/m1/s1. The van der Waals surface area contributed by atoms with Crippen molar-refractivity contribution in [1.29, 1.82) is 0 Å². The lowest BCUT2D eigenvalue weighted by Crippen LogP contribution is -2.41. The fourth-order valence-electron chi connectivity index (χ4n) is 2.24. The number of amides is 2. The fraction of sp³-hybridized carbons (Fsp3) is 0.444. The maximum atomic E-state index is 12.2. The highest BCUT2D eigenvalue weighted by molar-refractivity contribution is 7.98. The molecular formula is C18H24N2O6S2. The van der Waals surface area contributed by atoms with Crippen LogP contribution in [0.4, 0.5) is 0 Å². The number of thioether (sulfide) groups is 2. The minimum absolute atomic E-state index is 0.212. The summed E-state index contributed by atoms with van der Waals surface area (Å²) in [5.41, 5.74) is 0.424. The second kappa shape index (κ2) is 12.3. The van der Waals surface area contributed by atoms with Crippen LogP contribution in [0.25, 0.3) is 0 Å². The number of aliphatic carboxylic acids is 2. The molecule has 0 heterocycles. The van der Waals surface area contributed by atoms with Gasteiger partial charge < -0.3 is 20.8 Å². The van der Waals surface area contributed by atoms with E-state index in [2.05, 4.69) is 10.6 Å². The van der Waals surface area contributed by atoms with E-state index in [9.17, 15) is 29.4 Å². The molecule has 0 unspecified atom stereocenters. The Morgan fingerprint density at radius 3 is 1.36 bits per heavy atom. The topological polar surface area (TPSA) is 133 Å². The molecule has 154 valence electrons. The zero-order valence-electron chi connectivity index (χ0n) is 15.6. The number of hydrogen-bond donors (Lipinski definition) is 4. The van der Waals surface area contributed by atoms with Crippen LogP contribution in [0, 0.1) is 0 Å². The number of benzene rings is 1. The van der Waals surface area contributed by atoms with Crippen molar-refractivity contribution in [3.8, 4) is 0 Å². The molecule has 1 rings (SSSR count). The average molecular weight is 429 g/mol. The second-order valence-electron chi connectivity index (χ2n) is 5.87. The van der Waals surface area contributed by atoms with Crippen LogP contribution in [0.1, 0.15) is 33.6 Å². The molecule has 2 atom stereocenters. The molecule has 4 N–H and O–H groups in total. The van der Waals surface area contributed by atoms with Crippen molar-refractivity contribution in [2.75, 3.05) is 24.0 Å². The predicted molar refractivity (Wildman–Crippen MR) is 110 cm³/mol. The Bertz CT molecular complexity index is 637. The summed E-state index contributed by atoms with van der Waals surface area (Å²) >= 11 is 2.97. The van der Waals surface area contributed by atoms with Gasteiger partial charge in [0.15, 0.2) is 0 Å². The van der Waals surface area contributed by atoms with Crippen molar-refractivity contribution in [2.45, 2.75) is 24.9 Å². The van der Waals surface area contributed by atoms with Crippen molar-refractivity contribution in [3.05, 3.63) is 35.4 Å². The second-order valence-corrected chi connectivity index (χ2v) is 7.84. The van der Waals surface area contributed by atoms with E-state index in [0.29, 0.717) is 24.3 Å². The molecule has 0 saturated heterocycles. The molecule has 0 fully saturated rings. The minimum atomic E-state index is -1.11. The number of carboxylic acid groups (broad SMARTS) is 2. The van der Waals surface area contributed by atoms with Gasteiger partial charge in [-0.3, -0.25) is 9.59 Å². The summed E-state index contributed by atoms with van der Waals surface area (Å²) in [6.45, 7) is 0. The van der Waals surface area contributed by atoms with Gasteiger partial charge in [0.05, 0.1) is 0 Å². The molecule has 28 heavy (non-hydrogen) atoms. The molecule has 0 bridgehead atoms. The summed E-state index contributed by atoms with van der Waals surface area (Å²) in [5.74, 6) is -2.13. The third kappa shape index (κ3) is 7.81. The van der Waals surface area contributed by atoms with E-state index in [0.717, 1.165) is 0 Å². The van der Waals surface area contributed by atoms with Gasteiger partial charge in [0.25, 0.3) is 11.8 Å². The molecule has 0 spiro atoms. The van der Waals surface area contributed by atoms with E-state index in [1.165, 1.54) is 47.8 Å². The van der Waals surface area contributed by atoms with Crippen molar-refractivity contribution in [3.63, 3.8) is 0 Å². The van der Waals surface area contributed by atoms with Crippen LogP contribution in [-0.4, -0.2) is 70.1 Å². The highest BCUT2D eigenvalue weighted by Gasteiger charge is 2.22. The summed E-state index contributed by atoms with van der Waals surface area (Å²) < 4.78 is 0. The lowest BCUT2D eigenvalue weighted by Gasteiger charge is -2.15. The van der Waals surface area contributed by atoms with Crippen LogP contribution in [-0.2, 0) is 9.59 Å². The summed E-state index contributed by atoms with van der Waals surface area (Å²) in [5, 5.41) is 23.3. The maximum absolute atomic E-state index is 12.2. The molecular weight excluding hydrogens is 404 g/mol. The number of rotatable bonds is 12. The van der Waals surface area contributed by atoms with Gasteiger partial charge in [0, 0.05) is 11.1 Å². The van der Waals surface area contributed by atoms with E-state index < -0.39 is 35.8 Å². The molecule has 8 nitrogen and oxygen atoms in total. The number of nitrogens with one attached hydrogen (secondary N) is 2. The number of hydrogen-bond acceptors (Lipinski definition) is 6. The molecule has 0 aliphatic rings. The van der Waals surface area contributed by atoms with Crippen LogP contribution < -0.4 is 10.6 Å². The number of carbonyl (C=O) groups excluding carboxylic acids is 2.